The van der Waals surface area contributed by atoms with Gasteiger partial charge < -0.3 is 4.74 Å². The Morgan fingerprint density at radius 1 is 1.31 bits per heavy atom. The molecule has 1 nitrogen and oxygen atoms in total. The van der Waals surface area contributed by atoms with Crippen LogP contribution in [-0.4, -0.2) is 12.2 Å². The van der Waals surface area contributed by atoms with E-state index in [9.17, 15) is 13.2 Å². The van der Waals surface area contributed by atoms with E-state index in [1.165, 1.54) is 18.2 Å². The molecule has 0 saturated heterocycles. The van der Waals surface area contributed by atoms with E-state index in [0.29, 0.717) is 17.9 Å². The molecular formula is C11H8ClF3O. The molecule has 86 valence electrons. The number of benzene rings is 1. The molecule has 0 saturated carbocycles. The van der Waals surface area contributed by atoms with Crippen molar-refractivity contribution >= 4 is 11.6 Å². The second-order valence-electron chi connectivity index (χ2n) is 2.82. The molecule has 0 unspecified atom stereocenters. The minimum absolute atomic E-state index is 0.273. The average molecular weight is 249 g/mol. The standard InChI is InChI=1S/C11H8ClF3O/c12-7-2-1-4-9-5-3-6-10(8-9)16-11(13,14)15/h3,5-6,8H,2,7H2. The Bertz CT molecular complexity index is 404. The van der Waals surface area contributed by atoms with Crippen LogP contribution in [0.2, 0.25) is 0 Å². The summed E-state index contributed by atoms with van der Waals surface area (Å²) in [5.41, 5.74) is 0.465. The summed E-state index contributed by atoms with van der Waals surface area (Å²) in [6.07, 6.45) is -4.19. The number of rotatable bonds is 2. The van der Waals surface area contributed by atoms with Crippen LogP contribution in [0.4, 0.5) is 13.2 Å². The van der Waals surface area contributed by atoms with Gasteiger partial charge in [0.15, 0.2) is 0 Å². The van der Waals surface area contributed by atoms with Gasteiger partial charge in [-0.25, -0.2) is 0 Å². The van der Waals surface area contributed by atoms with E-state index in [-0.39, 0.29) is 5.75 Å². The molecule has 0 aliphatic rings. The van der Waals surface area contributed by atoms with E-state index >= 15 is 0 Å². The Morgan fingerprint density at radius 2 is 2.06 bits per heavy atom. The van der Waals surface area contributed by atoms with Gasteiger partial charge in [0.25, 0.3) is 0 Å². The highest BCUT2D eigenvalue weighted by Gasteiger charge is 2.30. The molecule has 0 radical (unpaired) electrons. The van der Waals surface area contributed by atoms with Crippen LogP contribution in [0.25, 0.3) is 0 Å². The monoisotopic (exact) mass is 248 g/mol. The Balaban J connectivity index is 2.76. The predicted molar refractivity (Wildman–Crippen MR) is 55.3 cm³/mol. The highest BCUT2D eigenvalue weighted by atomic mass is 35.5. The van der Waals surface area contributed by atoms with Gasteiger partial charge in [-0.3, -0.25) is 0 Å². The molecule has 0 aliphatic carbocycles. The molecule has 5 heteroatoms. The highest BCUT2D eigenvalue weighted by Crippen LogP contribution is 2.22. The van der Waals surface area contributed by atoms with Crippen molar-refractivity contribution in [2.24, 2.45) is 0 Å². The maximum atomic E-state index is 11.9. The Kier molecular flexibility index (Phi) is 4.51. The first-order chi connectivity index (χ1) is 7.51. The fourth-order valence-electron chi connectivity index (χ4n) is 0.983. The van der Waals surface area contributed by atoms with Gasteiger partial charge in [0.1, 0.15) is 5.75 Å². The third-order valence-corrected chi connectivity index (χ3v) is 1.71. The molecule has 0 bridgehead atoms. The van der Waals surface area contributed by atoms with Gasteiger partial charge in [-0.1, -0.05) is 17.9 Å². The highest BCUT2D eigenvalue weighted by molar-refractivity contribution is 6.18. The van der Waals surface area contributed by atoms with Gasteiger partial charge in [0.2, 0.25) is 0 Å². The van der Waals surface area contributed by atoms with E-state index in [1.807, 2.05) is 0 Å². The molecule has 16 heavy (non-hydrogen) atoms. The number of hydrogen-bond donors (Lipinski definition) is 0. The SMILES string of the molecule is FC(F)(F)Oc1cccc(C#CCCCl)c1. The minimum atomic E-state index is -4.68. The fourth-order valence-corrected chi connectivity index (χ4v) is 1.08. The van der Waals surface area contributed by atoms with E-state index in [1.54, 1.807) is 6.07 Å². The zero-order valence-electron chi connectivity index (χ0n) is 8.14. The molecule has 1 aromatic rings. The Labute approximate surface area is 96.2 Å². The van der Waals surface area contributed by atoms with E-state index in [4.69, 9.17) is 11.6 Å². The molecule has 0 amide bonds. The minimum Gasteiger partial charge on any atom is -0.406 e. The van der Waals surface area contributed by atoms with Crippen LogP contribution in [0.5, 0.6) is 5.75 Å². The number of halogens is 4. The lowest BCUT2D eigenvalue weighted by Crippen LogP contribution is -2.17. The molecule has 1 rings (SSSR count). The maximum Gasteiger partial charge on any atom is 0.573 e. The molecule has 0 heterocycles. The molecule has 0 aromatic heterocycles. The van der Waals surface area contributed by atoms with Crippen molar-refractivity contribution in [3.63, 3.8) is 0 Å². The van der Waals surface area contributed by atoms with Gasteiger partial charge in [-0.15, -0.1) is 24.8 Å². The summed E-state index contributed by atoms with van der Waals surface area (Å²) in [6, 6.07) is 5.51. The van der Waals surface area contributed by atoms with Crippen LogP contribution >= 0.6 is 11.6 Å². The summed E-state index contributed by atoms with van der Waals surface area (Å²) in [5, 5.41) is 0. The Hall–Kier alpha value is -1.34. The Morgan fingerprint density at radius 3 is 2.69 bits per heavy atom. The second kappa shape index (κ2) is 5.66. The predicted octanol–water partition coefficient (Wildman–Crippen LogP) is 3.57. The third kappa shape index (κ3) is 4.94. The lowest BCUT2D eigenvalue weighted by Gasteiger charge is -2.08. The smallest absolute Gasteiger partial charge is 0.406 e. The zero-order chi connectivity index (χ0) is 12.0. The van der Waals surface area contributed by atoms with Gasteiger partial charge in [-0.2, -0.15) is 0 Å². The van der Waals surface area contributed by atoms with Crippen LogP contribution in [0.1, 0.15) is 12.0 Å². The van der Waals surface area contributed by atoms with Crippen molar-refractivity contribution in [3.8, 4) is 17.6 Å². The van der Waals surface area contributed by atoms with Gasteiger partial charge in [0.05, 0.1) is 0 Å². The van der Waals surface area contributed by atoms with Crippen molar-refractivity contribution in [2.75, 3.05) is 5.88 Å². The average Bonchev–Trinajstić information content (AvgIpc) is 2.16. The van der Waals surface area contributed by atoms with E-state index in [0.717, 1.165) is 0 Å². The first kappa shape index (κ1) is 12.7. The van der Waals surface area contributed by atoms with E-state index < -0.39 is 6.36 Å². The summed E-state index contributed by atoms with van der Waals surface area (Å²) >= 11 is 5.41. The first-order valence-corrected chi connectivity index (χ1v) is 4.95. The van der Waals surface area contributed by atoms with Crippen LogP contribution in [-0.2, 0) is 0 Å². The largest absolute Gasteiger partial charge is 0.573 e. The molecule has 0 aliphatic heterocycles. The van der Waals surface area contributed by atoms with E-state index in [2.05, 4.69) is 16.6 Å². The lowest BCUT2D eigenvalue weighted by molar-refractivity contribution is -0.274. The zero-order valence-corrected chi connectivity index (χ0v) is 8.90. The quantitative estimate of drug-likeness (QED) is 0.574. The lowest BCUT2D eigenvalue weighted by atomic mass is 10.2. The molecule has 0 spiro atoms. The van der Waals surface area contributed by atoms with Crippen molar-refractivity contribution in [2.45, 2.75) is 12.8 Å². The molecule has 0 fully saturated rings. The summed E-state index contributed by atoms with van der Waals surface area (Å²) in [7, 11) is 0. The summed E-state index contributed by atoms with van der Waals surface area (Å²) < 4.78 is 39.5. The van der Waals surface area contributed by atoms with Crippen LogP contribution < -0.4 is 4.74 Å². The summed E-state index contributed by atoms with van der Waals surface area (Å²) in [6.45, 7) is 0. The molecule has 0 atom stereocenters. The van der Waals surface area contributed by atoms with Crippen molar-refractivity contribution in [1.82, 2.24) is 0 Å². The summed E-state index contributed by atoms with van der Waals surface area (Å²) in [5.74, 6) is 5.53. The normalized spacial score (nSPS) is 10.5. The summed E-state index contributed by atoms with van der Waals surface area (Å²) in [4.78, 5) is 0. The van der Waals surface area contributed by atoms with Crippen LogP contribution in [0.3, 0.4) is 0 Å². The maximum absolute atomic E-state index is 11.9. The van der Waals surface area contributed by atoms with Gasteiger partial charge in [-0.05, 0) is 18.2 Å². The van der Waals surface area contributed by atoms with Crippen molar-refractivity contribution in [1.29, 1.82) is 0 Å². The van der Waals surface area contributed by atoms with Crippen molar-refractivity contribution in [3.05, 3.63) is 29.8 Å². The van der Waals surface area contributed by atoms with Crippen molar-refractivity contribution < 1.29 is 17.9 Å². The number of hydrogen-bond acceptors (Lipinski definition) is 1. The van der Waals surface area contributed by atoms with Gasteiger partial charge in [0, 0.05) is 17.9 Å². The fraction of sp³-hybridized carbons (Fsp3) is 0.273. The number of ether oxygens (including phenoxy) is 1. The molecular weight excluding hydrogens is 241 g/mol. The van der Waals surface area contributed by atoms with Crippen LogP contribution in [0, 0.1) is 11.8 Å². The van der Waals surface area contributed by atoms with Crippen LogP contribution in [0.15, 0.2) is 24.3 Å². The molecule has 0 N–H and O–H groups in total. The topological polar surface area (TPSA) is 9.23 Å². The number of alkyl halides is 4. The molecule has 1 aromatic carbocycles. The first-order valence-electron chi connectivity index (χ1n) is 4.42. The van der Waals surface area contributed by atoms with Gasteiger partial charge >= 0.3 is 6.36 Å². The second-order valence-corrected chi connectivity index (χ2v) is 3.19. The third-order valence-electron chi connectivity index (χ3n) is 1.52.